The van der Waals surface area contributed by atoms with Crippen LogP contribution in [0.15, 0.2) is 36.4 Å². The van der Waals surface area contributed by atoms with Crippen LogP contribution in [-0.2, 0) is 0 Å². The Kier molecular flexibility index (Phi) is 4.18. The van der Waals surface area contributed by atoms with Gasteiger partial charge < -0.3 is 0 Å². The van der Waals surface area contributed by atoms with Crippen LogP contribution in [0.1, 0.15) is 61.0 Å². The fourth-order valence-electron chi connectivity index (χ4n) is 3.28. The Bertz CT molecular complexity index is 782. The van der Waals surface area contributed by atoms with Gasteiger partial charge >= 0.3 is 0 Å². The summed E-state index contributed by atoms with van der Waals surface area (Å²) in [6, 6.07) is 8.58. The molecular formula is C21H23F3. The van der Waals surface area contributed by atoms with E-state index in [1.807, 2.05) is 0 Å². The molecule has 0 heterocycles. The molecule has 0 bridgehead atoms. The smallest absolute Gasteiger partial charge is 0.194 e. The molecule has 0 aromatic heterocycles. The zero-order chi connectivity index (χ0) is 19.8. The average Bonchev–Trinajstić information content (AvgIpc) is 2.59. The summed E-state index contributed by atoms with van der Waals surface area (Å²) in [6.45, 7) is 2.07. The van der Waals surface area contributed by atoms with Crippen LogP contribution in [0.2, 0.25) is 0 Å². The second kappa shape index (κ2) is 7.42. The molecule has 1 saturated carbocycles. The van der Waals surface area contributed by atoms with Crippen LogP contribution in [0, 0.1) is 23.4 Å². The molecule has 0 aliphatic heterocycles. The molecule has 24 heavy (non-hydrogen) atoms. The highest BCUT2D eigenvalue weighted by atomic mass is 19.2. The molecule has 0 spiro atoms. The minimum atomic E-state index is -1.50. The second-order valence-corrected chi connectivity index (χ2v) is 6.39. The van der Waals surface area contributed by atoms with E-state index in [4.69, 9.17) is 4.11 Å². The number of halogens is 3. The van der Waals surface area contributed by atoms with Crippen LogP contribution in [0.25, 0.3) is 11.1 Å². The Morgan fingerprint density at radius 3 is 2.25 bits per heavy atom. The van der Waals surface area contributed by atoms with Crippen LogP contribution in [0.3, 0.4) is 0 Å². The standard InChI is InChI=1S/C21H23F3/c1-2-3-14-4-6-15(7-5-14)16-8-10-17(11-9-16)18-12-19(22)21(24)20(23)13-18/h8-15H,2-7H2,1H3/i6D,7D2. The first kappa shape index (κ1) is 13.5. The first-order chi connectivity index (χ1) is 12.7. The predicted molar refractivity (Wildman–Crippen MR) is 91.4 cm³/mol. The van der Waals surface area contributed by atoms with Crippen LogP contribution in [0.5, 0.6) is 0 Å². The van der Waals surface area contributed by atoms with Gasteiger partial charge in [-0.15, -0.1) is 0 Å². The van der Waals surface area contributed by atoms with Crippen LogP contribution in [0.4, 0.5) is 13.2 Å². The van der Waals surface area contributed by atoms with E-state index in [1.165, 1.54) is 0 Å². The van der Waals surface area contributed by atoms with Crippen molar-refractivity contribution in [1.82, 2.24) is 0 Å². The molecule has 1 aliphatic carbocycles. The molecule has 0 radical (unpaired) electrons. The molecule has 0 N–H and O–H groups in total. The second-order valence-electron chi connectivity index (χ2n) is 6.39. The topological polar surface area (TPSA) is 0 Å². The molecule has 3 rings (SSSR count). The number of benzene rings is 2. The highest BCUT2D eigenvalue weighted by Gasteiger charge is 2.21. The lowest BCUT2D eigenvalue weighted by atomic mass is 9.77. The van der Waals surface area contributed by atoms with Crippen LogP contribution >= 0.6 is 0 Å². The molecule has 3 heteroatoms. The molecular weight excluding hydrogens is 309 g/mol. The molecule has 1 fully saturated rings. The highest BCUT2D eigenvalue weighted by molar-refractivity contribution is 5.64. The fourth-order valence-corrected chi connectivity index (χ4v) is 3.28. The van der Waals surface area contributed by atoms with E-state index in [1.54, 1.807) is 24.3 Å². The van der Waals surface area contributed by atoms with Gasteiger partial charge in [0.2, 0.25) is 0 Å². The Morgan fingerprint density at radius 2 is 1.67 bits per heavy atom. The normalized spacial score (nSPS) is 28.0. The Morgan fingerprint density at radius 1 is 1.00 bits per heavy atom. The van der Waals surface area contributed by atoms with Gasteiger partial charge in [0.1, 0.15) is 0 Å². The third kappa shape index (κ3) is 3.66. The Hall–Kier alpha value is -1.77. The van der Waals surface area contributed by atoms with Gasteiger partial charge in [0.05, 0.1) is 0 Å². The van der Waals surface area contributed by atoms with E-state index in [9.17, 15) is 13.2 Å². The molecule has 3 atom stereocenters. The average molecular weight is 335 g/mol. The van der Waals surface area contributed by atoms with Crippen LogP contribution in [-0.4, -0.2) is 0 Å². The van der Waals surface area contributed by atoms with E-state index in [0.717, 1.165) is 25.0 Å². The minimum Gasteiger partial charge on any atom is -0.204 e. The van der Waals surface area contributed by atoms with Gasteiger partial charge in [-0.3, -0.25) is 0 Å². The van der Waals surface area contributed by atoms with Crippen molar-refractivity contribution in [2.24, 2.45) is 5.92 Å². The number of rotatable bonds is 4. The largest absolute Gasteiger partial charge is 0.204 e. The third-order valence-electron chi connectivity index (χ3n) is 4.62. The van der Waals surface area contributed by atoms with E-state index < -0.39 is 36.1 Å². The lowest BCUT2D eigenvalue weighted by molar-refractivity contribution is 0.308. The molecule has 0 amide bonds. The van der Waals surface area contributed by atoms with Crippen molar-refractivity contribution in [2.45, 2.75) is 51.3 Å². The van der Waals surface area contributed by atoms with E-state index in [-0.39, 0.29) is 11.5 Å². The third-order valence-corrected chi connectivity index (χ3v) is 4.62. The monoisotopic (exact) mass is 335 g/mol. The first-order valence-electron chi connectivity index (χ1n) is 9.97. The summed E-state index contributed by atoms with van der Waals surface area (Å²) < 4.78 is 65.4. The van der Waals surface area contributed by atoms with Gasteiger partial charge in [-0.1, -0.05) is 44.0 Å². The van der Waals surface area contributed by atoms with Gasteiger partial charge in [-0.05, 0) is 66.3 Å². The quantitative estimate of drug-likeness (QED) is 0.536. The van der Waals surface area contributed by atoms with Crippen molar-refractivity contribution in [3.8, 4) is 11.1 Å². The zero-order valence-corrected chi connectivity index (χ0v) is 13.7. The Balaban J connectivity index is 1.87. The van der Waals surface area contributed by atoms with E-state index in [0.29, 0.717) is 24.0 Å². The summed E-state index contributed by atoms with van der Waals surface area (Å²) in [6.07, 6.45) is 1.03. The van der Waals surface area contributed by atoms with Crippen molar-refractivity contribution in [1.29, 1.82) is 0 Å². The van der Waals surface area contributed by atoms with Gasteiger partial charge in [-0.25, -0.2) is 13.2 Å². The maximum absolute atomic E-state index is 13.5. The summed E-state index contributed by atoms with van der Waals surface area (Å²) in [5.41, 5.74) is 1.44. The maximum Gasteiger partial charge on any atom is 0.194 e. The lowest BCUT2D eigenvalue weighted by Crippen LogP contribution is -2.13. The SMILES string of the molecule is [2H]C1CC(CCC)CC([2H])([2H])C1c1ccc(-c2cc(F)c(F)c(F)c2)cc1. The first-order valence-corrected chi connectivity index (χ1v) is 8.40. The Labute approximate surface area is 145 Å². The summed E-state index contributed by atoms with van der Waals surface area (Å²) in [5, 5.41) is 0. The van der Waals surface area contributed by atoms with Gasteiger partial charge in [0.15, 0.2) is 17.5 Å². The number of hydrogen-bond acceptors (Lipinski definition) is 0. The summed E-state index contributed by atoms with van der Waals surface area (Å²) >= 11 is 0. The molecule has 2 aromatic carbocycles. The van der Waals surface area contributed by atoms with Gasteiger partial charge in [-0.2, -0.15) is 0 Å². The van der Waals surface area contributed by atoms with Gasteiger partial charge in [0, 0.05) is 4.11 Å². The predicted octanol–water partition coefficient (Wildman–Crippen LogP) is 6.84. The van der Waals surface area contributed by atoms with E-state index in [2.05, 4.69) is 6.92 Å². The van der Waals surface area contributed by atoms with Crippen molar-refractivity contribution >= 4 is 0 Å². The molecule has 1 aliphatic rings. The van der Waals surface area contributed by atoms with Crippen molar-refractivity contribution in [2.75, 3.05) is 0 Å². The lowest BCUT2D eigenvalue weighted by Gasteiger charge is -2.28. The van der Waals surface area contributed by atoms with Gasteiger partial charge in [0.25, 0.3) is 0 Å². The maximum atomic E-state index is 13.5. The summed E-state index contributed by atoms with van der Waals surface area (Å²) in [5.74, 6) is -4.30. The van der Waals surface area contributed by atoms with Crippen molar-refractivity contribution in [3.05, 3.63) is 59.4 Å². The van der Waals surface area contributed by atoms with Crippen molar-refractivity contribution < 1.29 is 17.3 Å². The fraction of sp³-hybridized carbons (Fsp3) is 0.429. The van der Waals surface area contributed by atoms with E-state index >= 15 is 0 Å². The molecule has 2 aromatic rings. The number of hydrogen-bond donors (Lipinski definition) is 0. The molecule has 128 valence electrons. The molecule has 0 nitrogen and oxygen atoms in total. The zero-order valence-electron chi connectivity index (χ0n) is 16.7. The molecule has 3 unspecified atom stereocenters. The summed E-state index contributed by atoms with van der Waals surface area (Å²) in [7, 11) is 0. The van der Waals surface area contributed by atoms with Crippen LogP contribution < -0.4 is 0 Å². The minimum absolute atomic E-state index is 0.218. The highest BCUT2D eigenvalue weighted by Crippen LogP contribution is 2.38. The molecule has 0 saturated heterocycles. The summed E-state index contributed by atoms with van der Waals surface area (Å²) in [4.78, 5) is 0. The van der Waals surface area contributed by atoms with Crippen molar-refractivity contribution in [3.63, 3.8) is 0 Å².